The molecule has 0 atom stereocenters. The Morgan fingerprint density at radius 2 is 1.55 bits per heavy atom. The van der Waals surface area contributed by atoms with Gasteiger partial charge in [-0.15, -0.1) is 0 Å². The molecule has 0 aliphatic carbocycles. The Morgan fingerprint density at radius 3 is 2.27 bits per heavy atom. The molecule has 1 amide bonds. The summed E-state index contributed by atoms with van der Waals surface area (Å²) in [5.74, 6) is -0.221. The highest BCUT2D eigenvalue weighted by molar-refractivity contribution is 9.11. The van der Waals surface area contributed by atoms with Crippen LogP contribution in [-0.2, 0) is 11.2 Å². The van der Waals surface area contributed by atoms with Crippen LogP contribution < -0.4 is 10.2 Å². The molecule has 4 rings (SSSR count). The van der Waals surface area contributed by atoms with Crippen molar-refractivity contribution in [1.82, 2.24) is 5.43 Å². The molecule has 4 aromatic rings. The van der Waals surface area contributed by atoms with E-state index in [-0.39, 0.29) is 12.3 Å². The van der Waals surface area contributed by atoms with Crippen molar-refractivity contribution in [3.63, 3.8) is 0 Å². The van der Waals surface area contributed by atoms with Gasteiger partial charge < -0.3 is 4.74 Å². The molecule has 0 saturated carbocycles. The molecule has 0 aliphatic heterocycles. The summed E-state index contributed by atoms with van der Waals surface area (Å²) in [6.45, 7) is 0. The van der Waals surface area contributed by atoms with Gasteiger partial charge in [0, 0.05) is 8.95 Å². The fraction of sp³-hybridized carbons (Fsp3) is 0.0385. The third kappa shape index (κ3) is 5.94. The summed E-state index contributed by atoms with van der Waals surface area (Å²) in [7, 11) is 0. The van der Waals surface area contributed by atoms with Gasteiger partial charge in [-0.25, -0.2) is 10.2 Å². The lowest BCUT2D eigenvalue weighted by atomic mass is 10.0. The lowest BCUT2D eigenvalue weighted by Crippen LogP contribution is -2.19. The fourth-order valence-corrected chi connectivity index (χ4v) is 3.99. The molecule has 0 unspecified atom stereocenters. The van der Waals surface area contributed by atoms with E-state index in [2.05, 4.69) is 42.4 Å². The van der Waals surface area contributed by atoms with E-state index in [1.54, 1.807) is 48.5 Å². The van der Waals surface area contributed by atoms with Gasteiger partial charge in [0.25, 0.3) is 0 Å². The zero-order valence-corrected chi connectivity index (χ0v) is 20.5. The molecule has 164 valence electrons. The number of carbonyl (C=O) groups is 2. The standard InChI is InChI=1S/C26H18Br2N2O3/c27-20-10-7-18(8-11-20)26(32)33-21-12-5-17(6-13-21)16-29-30-25(31)15-19-9-14-24(28)23-4-2-1-3-22(19)23/h1-14,16H,15H2,(H,30,31). The molecule has 0 aromatic heterocycles. The highest BCUT2D eigenvalue weighted by Crippen LogP contribution is 2.27. The highest BCUT2D eigenvalue weighted by atomic mass is 79.9. The third-order valence-corrected chi connectivity index (χ3v) is 6.11. The van der Waals surface area contributed by atoms with Gasteiger partial charge >= 0.3 is 5.97 Å². The van der Waals surface area contributed by atoms with Crippen LogP contribution >= 0.6 is 31.9 Å². The second kappa shape index (κ2) is 10.6. The van der Waals surface area contributed by atoms with Gasteiger partial charge in [0.05, 0.1) is 18.2 Å². The zero-order valence-electron chi connectivity index (χ0n) is 17.3. The summed E-state index contributed by atoms with van der Waals surface area (Å²) >= 11 is 6.88. The Hall–Kier alpha value is -3.29. The van der Waals surface area contributed by atoms with E-state index in [0.29, 0.717) is 11.3 Å². The maximum Gasteiger partial charge on any atom is 0.343 e. The maximum atomic E-state index is 12.4. The van der Waals surface area contributed by atoms with E-state index in [1.807, 2.05) is 36.4 Å². The van der Waals surface area contributed by atoms with E-state index >= 15 is 0 Å². The van der Waals surface area contributed by atoms with Crippen LogP contribution in [0.1, 0.15) is 21.5 Å². The van der Waals surface area contributed by atoms with Crippen molar-refractivity contribution in [3.05, 3.63) is 111 Å². The first-order valence-electron chi connectivity index (χ1n) is 10.1. The third-order valence-electron chi connectivity index (χ3n) is 4.89. The van der Waals surface area contributed by atoms with Crippen LogP contribution in [0.4, 0.5) is 0 Å². The van der Waals surface area contributed by atoms with E-state index in [0.717, 1.165) is 30.8 Å². The molecule has 0 bridgehead atoms. The molecule has 0 fully saturated rings. The summed E-state index contributed by atoms with van der Waals surface area (Å²) in [4.78, 5) is 24.6. The van der Waals surface area contributed by atoms with Crippen LogP contribution in [-0.4, -0.2) is 18.1 Å². The van der Waals surface area contributed by atoms with Crippen molar-refractivity contribution in [2.75, 3.05) is 0 Å². The molecule has 0 saturated heterocycles. The normalized spacial score (nSPS) is 11.0. The number of hydrazone groups is 1. The molecular weight excluding hydrogens is 548 g/mol. The second-order valence-corrected chi connectivity index (χ2v) is 8.96. The molecule has 0 heterocycles. The highest BCUT2D eigenvalue weighted by Gasteiger charge is 2.09. The summed E-state index contributed by atoms with van der Waals surface area (Å²) in [6.07, 6.45) is 1.76. The predicted molar refractivity (Wildman–Crippen MR) is 137 cm³/mol. The fourth-order valence-electron chi connectivity index (χ4n) is 3.24. The van der Waals surface area contributed by atoms with Gasteiger partial charge in [-0.1, -0.05) is 62.2 Å². The van der Waals surface area contributed by atoms with Crippen molar-refractivity contribution in [2.24, 2.45) is 5.10 Å². The van der Waals surface area contributed by atoms with Gasteiger partial charge in [0.2, 0.25) is 5.91 Å². The number of nitrogens with zero attached hydrogens (tertiary/aromatic N) is 1. The Balaban J connectivity index is 1.33. The molecule has 5 nitrogen and oxygen atoms in total. The second-order valence-electron chi connectivity index (χ2n) is 7.19. The number of fused-ring (bicyclic) bond motifs is 1. The number of nitrogens with one attached hydrogen (secondary N) is 1. The number of amides is 1. The maximum absolute atomic E-state index is 12.4. The Labute approximate surface area is 207 Å². The SMILES string of the molecule is O=C(Cc1ccc(Br)c2ccccc12)NN=Cc1ccc(OC(=O)c2ccc(Br)cc2)cc1. The molecule has 4 aromatic carbocycles. The monoisotopic (exact) mass is 564 g/mol. The van der Waals surface area contributed by atoms with Crippen LogP contribution in [0, 0.1) is 0 Å². The molecule has 1 N–H and O–H groups in total. The van der Waals surface area contributed by atoms with Crippen molar-refractivity contribution >= 4 is 60.7 Å². The number of benzene rings is 4. The quantitative estimate of drug-likeness (QED) is 0.129. The summed E-state index contributed by atoms with van der Waals surface area (Å²) in [6, 6.07) is 25.6. The number of rotatable bonds is 6. The van der Waals surface area contributed by atoms with Crippen LogP contribution in [0.25, 0.3) is 10.8 Å². The predicted octanol–water partition coefficient (Wildman–Crippen LogP) is 6.28. The number of ether oxygens (including phenoxy) is 1. The van der Waals surface area contributed by atoms with Crippen LogP contribution in [0.5, 0.6) is 5.75 Å². The largest absolute Gasteiger partial charge is 0.423 e. The average molecular weight is 566 g/mol. The van der Waals surface area contributed by atoms with Crippen LogP contribution in [0.3, 0.4) is 0 Å². The minimum atomic E-state index is -0.434. The number of hydrogen-bond donors (Lipinski definition) is 1. The van der Waals surface area contributed by atoms with Crippen LogP contribution in [0.15, 0.2) is 99.0 Å². The molecular formula is C26H18Br2N2O3. The van der Waals surface area contributed by atoms with Gasteiger partial charge in [-0.05, 0) is 76.5 Å². The number of esters is 1. The van der Waals surface area contributed by atoms with E-state index < -0.39 is 5.97 Å². The van der Waals surface area contributed by atoms with Gasteiger partial charge in [-0.2, -0.15) is 5.10 Å². The average Bonchev–Trinajstić information content (AvgIpc) is 2.82. The molecule has 0 aliphatic rings. The number of halogens is 2. The first kappa shape index (κ1) is 22.9. The van der Waals surface area contributed by atoms with Gasteiger partial charge in [0.1, 0.15) is 5.75 Å². The summed E-state index contributed by atoms with van der Waals surface area (Å²) in [5.41, 5.74) is 4.71. The van der Waals surface area contributed by atoms with Gasteiger partial charge in [-0.3, -0.25) is 4.79 Å². The van der Waals surface area contributed by atoms with Crippen molar-refractivity contribution in [2.45, 2.75) is 6.42 Å². The molecule has 0 spiro atoms. The zero-order chi connectivity index (χ0) is 23.2. The lowest BCUT2D eigenvalue weighted by molar-refractivity contribution is -0.120. The van der Waals surface area contributed by atoms with E-state index in [9.17, 15) is 9.59 Å². The first-order valence-corrected chi connectivity index (χ1v) is 11.6. The smallest absolute Gasteiger partial charge is 0.343 e. The molecule has 0 radical (unpaired) electrons. The van der Waals surface area contributed by atoms with Crippen LogP contribution in [0.2, 0.25) is 0 Å². The summed E-state index contributed by atoms with van der Waals surface area (Å²) in [5, 5.41) is 6.13. The lowest BCUT2D eigenvalue weighted by Gasteiger charge is -2.07. The van der Waals surface area contributed by atoms with Gasteiger partial charge in [0.15, 0.2) is 0 Å². The van der Waals surface area contributed by atoms with E-state index in [4.69, 9.17) is 4.74 Å². The molecule has 33 heavy (non-hydrogen) atoms. The molecule has 7 heteroatoms. The Kier molecular flexibility index (Phi) is 7.32. The number of carbonyl (C=O) groups excluding carboxylic acids is 2. The van der Waals surface area contributed by atoms with Crippen molar-refractivity contribution < 1.29 is 14.3 Å². The minimum absolute atomic E-state index is 0.209. The topological polar surface area (TPSA) is 67.8 Å². The Bertz CT molecular complexity index is 1330. The Morgan fingerprint density at radius 1 is 0.848 bits per heavy atom. The minimum Gasteiger partial charge on any atom is -0.423 e. The summed E-state index contributed by atoms with van der Waals surface area (Å²) < 4.78 is 7.26. The number of hydrogen-bond acceptors (Lipinski definition) is 4. The van der Waals surface area contributed by atoms with E-state index in [1.165, 1.54) is 6.21 Å². The van der Waals surface area contributed by atoms with Crippen molar-refractivity contribution in [1.29, 1.82) is 0 Å². The first-order chi connectivity index (χ1) is 16.0. The van der Waals surface area contributed by atoms with Crippen molar-refractivity contribution in [3.8, 4) is 5.75 Å².